The van der Waals surface area contributed by atoms with Gasteiger partial charge in [-0.1, -0.05) is 0 Å². The van der Waals surface area contributed by atoms with E-state index in [9.17, 15) is 4.79 Å². The van der Waals surface area contributed by atoms with Crippen molar-refractivity contribution in [1.82, 2.24) is 15.1 Å². The van der Waals surface area contributed by atoms with Gasteiger partial charge in [-0.25, -0.2) is 0 Å². The second kappa shape index (κ2) is 7.47. The lowest BCUT2D eigenvalue weighted by Gasteiger charge is -2.07. The van der Waals surface area contributed by atoms with Crippen molar-refractivity contribution in [1.29, 1.82) is 0 Å². The van der Waals surface area contributed by atoms with Gasteiger partial charge in [0.05, 0.1) is 12.8 Å². The van der Waals surface area contributed by atoms with Crippen LogP contribution in [0.2, 0.25) is 0 Å². The van der Waals surface area contributed by atoms with Gasteiger partial charge in [0.15, 0.2) is 0 Å². The number of nitrogens with zero attached hydrogens (tertiary/aromatic N) is 2. The number of rotatable bonds is 7. The van der Waals surface area contributed by atoms with Crippen molar-refractivity contribution >= 4 is 5.91 Å². The summed E-state index contributed by atoms with van der Waals surface area (Å²) >= 11 is 0. The second-order valence-electron chi connectivity index (χ2n) is 4.85. The molecule has 2 aromatic rings. The third-order valence-corrected chi connectivity index (χ3v) is 3.04. The fraction of sp³-hybridized carbons (Fsp3) is 0.375. The summed E-state index contributed by atoms with van der Waals surface area (Å²) in [5, 5.41) is 7.11. The quantitative estimate of drug-likeness (QED) is 0.796. The number of benzene rings is 1. The minimum Gasteiger partial charge on any atom is -0.494 e. The average Bonchev–Trinajstić information content (AvgIpc) is 2.90. The molecule has 0 spiro atoms. The van der Waals surface area contributed by atoms with E-state index in [4.69, 9.17) is 4.74 Å². The Labute approximate surface area is 124 Å². The van der Waals surface area contributed by atoms with Crippen molar-refractivity contribution in [2.45, 2.75) is 26.8 Å². The maximum atomic E-state index is 12.0. The summed E-state index contributed by atoms with van der Waals surface area (Å²) in [7, 11) is 0. The first kappa shape index (κ1) is 15.1. The number of hydrogen-bond donors (Lipinski definition) is 1. The SMILES string of the molecule is CCOc1ccc(C(=O)NCCCn2cc(C)cn2)cc1. The Balaban J connectivity index is 1.73. The Morgan fingerprint density at radius 3 is 2.71 bits per heavy atom. The van der Waals surface area contributed by atoms with Crippen LogP contribution in [-0.2, 0) is 6.54 Å². The van der Waals surface area contributed by atoms with Crippen molar-refractivity contribution in [3.8, 4) is 5.75 Å². The van der Waals surface area contributed by atoms with E-state index in [0.29, 0.717) is 18.7 Å². The smallest absolute Gasteiger partial charge is 0.251 e. The fourth-order valence-electron chi connectivity index (χ4n) is 2.00. The maximum absolute atomic E-state index is 12.0. The van der Waals surface area contributed by atoms with E-state index in [1.807, 2.05) is 43.1 Å². The zero-order valence-electron chi connectivity index (χ0n) is 12.5. The number of aryl methyl sites for hydroxylation is 2. The Hall–Kier alpha value is -2.30. The first-order chi connectivity index (χ1) is 10.2. The zero-order chi connectivity index (χ0) is 15.1. The lowest BCUT2D eigenvalue weighted by atomic mass is 10.2. The van der Waals surface area contributed by atoms with E-state index in [1.54, 1.807) is 12.1 Å². The fourth-order valence-corrected chi connectivity index (χ4v) is 2.00. The van der Waals surface area contributed by atoms with Crippen molar-refractivity contribution < 1.29 is 9.53 Å². The Morgan fingerprint density at radius 1 is 1.33 bits per heavy atom. The summed E-state index contributed by atoms with van der Waals surface area (Å²) in [6.07, 6.45) is 4.68. The summed E-state index contributed by atoms with van der Waals surface area (Å²) in [5.41, 5.74) is 1.79. The van der Waals surface area contributed by atoms with Gasteiger partial charge in [-0.2, -0.15) is 5.10 Å². The highest BCUT2D eigenvalue weighted by Gasteiger charge is 2.04. The molecule has 0 unspecified atom stereocenters. The summed E-state index contributed by atoms with van der Waals surface area (Å²) in [5.74, 6) is 0.720. The predicted molar refractivity (Wildman–Crippen MR) is 81.5 cm³/mol. The molecule has 0 aliphatic rings. The van der Waals surface area contributed by atoms with E-state index < -0.39 is 0 Å². The number of carbonyl (C=O) groups is 1. The van der Waals surface area contributed by atoms with Gasteiger partial charge in [0.25, 0.3) is 5.91 Å². The van der Waals surface area contributed by atoms with Gasteiger partial charge in [-0.3, -0.25) is 9.48 Å². The molecule has 1 aromatic carbocycles. The molecule has 0 saturated heterocycles. The molecule has 5 heteroatoms. The van der Waals surface area contributed by atoms with Gasteiger partial charge in [0, 0.05) is 24.8 Å². The highest BCUT2D eigenvalue weighted by Crippen LogP contribution is 2.11. The molecule has 0 bridgehead atoms. The van der Waals surface area contributed by atoms with Crippen LogP contribution in [0.1, 0.15) is 29.3 Å². The van der Waals surface area contributed by atoms with Gasteiger partial charge >= 0.3 is 0 Å². The molecule has 112 valence electrons. The van der Waals surface area contributed by atoms with Gasteiger partial charge in [0.1, 0.15) is 5.75 Å². The number of nitrogens with one attached hydrogen (secondary N) is 1. The first-order valence-electron chi connectivity index (χ1n) is 7.19. The summed E-state index contributed by atoms with van der Waals surface area (Å²) in [6.45, 7) is 6.00. The summed E-state index contributed by atoms with van der Waals surface area (Å²) in [4.78, 5) is 12.0. The molecule has 1 N–H and O–H groups in total. The highest BCUT2D eigenvalue weighted by molar-refractivity contribution is 5.94. The average molecular weight is 287 g/mol. The molecule has 1 amide bonds. The number of carbonyl (C=O) groups excluding carboxylic acids is 1. The zero-order valence-corrected chi connectivity index (χ0v) is 12.5. The summed E-state index contributed by atoms with van der Waals surface area (Å²) < 4.78 is 7.24. The minimum atomic E-state index is -0.0605. The number of hydrogen-bond acceptors (Lipinski definition) is 3. The molecule has 0 saturated carbocycles. The molecular weight excluding hydrogens is 266 g/mol. The van der Waals surface area contributed by atoms with E-state index in [2.05, 4.69) is 10.4 Å². The molecular formula is C16H21N3O2. The van der Waals surface area contributed by atoms with Crippen LogP contribution < -0.4 is 10.1 Å². The molecule has 0 radical (unpaired) electrons. The Bertz CT molecular complexity index is 575. The van der Waals surface area contributed by atoms with Crippen molar-refractivity contribution in [2.24, 2.45) is 0 Å². The first-order valence-corrected chi connectivity index (χ1v) is 7.19. The van der Waals surface area contributed by atoms with Crippen LogP contribution in [0.3, 0.4) is 0 Å². The third kappa shape index (κ3) is 4.63. The standard InChI is InChI=1S/C16H21N3O2/c1-3-21-15-7-5-14(6-8-15)16(20)17-9-4-10-19-12-13(2)11-18-19/h5-8,11-12H,3-4,9-10H2,1-2H3,(H,17,20). The van der Waals surface area contributed by atoms with Crippen molar-refractivity contribution in [3.05, 3.63) is 47.8 Å². The van der Waals surface area contributed by atoms with Crippen molar-refractivity contribution in [3.63, 3.8) is 0 Å². The highest BCUT2D eigenvalue weighted by atomic mass is 16.5. The monoisotopic (exact) mass is 287 g/mol. The Kier molecular flexibility index (Phi) is 5.37. The van der Waals surface area contributed by atoms with Crippen LogP contribution >= 0.6 is 0 Å². The van der Waals surface area contributed by atoms with Crippen LogP contribution in [0, 0.1) is 6.92 Å². The van der Waals surface area contributed by atoms with Gasteiger partial charge < -0.3 is 10.1 Å². The number of ether oxygens (including phenoxy) is 1. The third-order valence-electron chi connectivity index (χ3n) is 3.04. The normalized spacial score (nSPS) is 10.4. The predicted octanol–water partition coefficient (Wildman–Crippen LogP) is 2.41. The molecule has 0 aliphatic carbocycles. The molecule has 21 heavy (non-hydrogen) atoms. The van der Waals surface area contributed by atoms with Crippen LogP contribution in [0.5, 0.6) is 5.75 Å². The lowest BCUT2D eigenvalue weighted by molar-refractivity contribution is 0.0952. The molecule has 1 aromatic heterocycles. The number of amides is 1. The summed E-state index contributed by atoms with van der Waals surface area (Å²) in [6, 6.07) is 7.17. The van der Waals surface area contributed by atoms with Gasteiger partial charge in [-0.05, 0) is 50.1 Å². The Morgan fingerprint density at radius 2 is 2.10 bits per heavy atom. The lowest BCUT2D eigenvalue weighted by Crippen LogP contribution is -2.25. The van der Waals surface area contributed by atoms with E-state index >= 15 is 0 Å². The molecule has 0 aliphatic heterocycles. The molecule has 5 nitrogen and oxygen atoms in total. The van der Waals surface area contributed by atoms with Crippen LogP contribution in [0.25, 0.3) is 0 Å². The largest absolute Gasteiger partial charge is 0.494 e. The van der Waals surface area contributed by atoms with Gasteiger partial charge in [-0.15, -0.1) is 0 Å². The molecule has 2 rings (SSSR count). The topological polar surface area (TPSA) is 56.1 Å². The number of aromatic nitrogens is 2. The maximum Gasteiger partial charge on any atom is 0.251 e. The van der Waals surface area contributed by atoms with Crippen LogP contribution in [0.15, 0.2) is 36.7 Å². The second-order valence-corrected chi connectivity index (χ2v) is 4.85. The molecule has 1 heterocycles. The van der Waals surface area contributed by atoms with Gasteiger partial charge in [0.2, 0.25) is 0 Å². The molecule has 0 atom stereocenters. The van der Waals surface area contributed by atoms with Crippen molar-refractivity contribution in [2.75, 3.05) is 13.2 Å². The van der Waals surface area contributed by atoms with E-state index in [0.717, 1.165) is 24.3 Å². The molecule has 0 fully saturated rings. The van der Waals surface area contributed by atoms with E-state index in [1.165, 1.54) is 0 Å². The van der Waals surface area contributed by atoms with E-state index in [-0.39, 0.29) is 5.91 Å². The van der Waals surface area contributed by atoms with Crippen LogP contribution in [0.4, 0.5) is 0 Å². The van der Waals surface area contributed by atoms with Crippen LogP contribution in [-0.4, -0.2) is 28.8 Å². The minimum absolute atomic E-state index is 0.0605.